The van der Waals surface area contributed by atoms with Crippen molar-refractivity contribution in [1.29, 1.82) is 0 Å². The van der Waals surface area contributed by atoms with Crippen molar-refractivity contribution in [3.63, 3.8) is 0 Å². The van der Waals surface area contributed by atoms with Gasteiger partial charge in [-0.3, -0.25) is 4.79 Å². The molecule has 1 aliphatic heterocycles. The number of hydrogen-bond acceptors (Lipinski definition) is 5. The van der Waals surface area contributed by atoms with Gasteiger partial charge in [-0.2, -0.15) is 5.10 Å². The van der Waals surface area contributed by atoms with Crippen LogP contribution in [0.1, 0.15) is 19.3 Å². The third kappa shape index (κ3) is 4.66. The van der Waals surface area contributed by atoms with Crippen LogP contribution in [0.2, 0.25) is 0 Å². The van der Waals surface area contributed by atoms with E-state index in [-0.39, 0.29) is 12.2 Å². The first kappa shape index (κ1) is 16.7. The number of aromatic nitrogens is 2. The lowest BCUT2D eigenvalue weighted by atomic mass is 10.1. The molecule has 0 saturated carbocycles. The smallest absolute Gasteiger partial charge is 0.264 e. The second-order valence-electron chi connectivity index (χ2n) is 6.16. The van der Waals surface area contributed by atoms with Crippen molar-refractivity contribution in [2.45, 2.75) is 25.4 Å². The molecular weight excluding hydrogens is 306 g/mol. The molecular formula is C18H23N3O3. The number of aromatic amines is 1. The first-order valence-corrected chi connectivity index (χ1v) is 8.40. The van der Waals surface area contributed by atoms with Gasteiger partial charge in [0.25, 0.3) is 5.56 Å². The van der Waals surface area contributed by atoms with E-state index in [1.807, 2.05) is 24.3 Å². The molecule has 1 aromatic heterocycles. The Kier molecular flexibility index (Phi) is 5.61. The van der Waals surface area contributed by atoms with Crippen molar-refractivity contribution < 1.29 is 9.84 Å². The summed E-state index contributed by atoms with van der Waals surface area (Å²) < 4.78 is 5.66. The van der Waals surface area contributed by atoms with Crippen LogP contribution in [-0.4, -0.2) is 52.5 Å². The highest BCUT2D eigenvalue weighted by atomic mass is 16.5. The van der Waals surface area contributed by atoms with E-state index in [1.165, 1.54) is 25.3 Å². The number of rotatable bonds is 6. The van der Waals surface area contributed by atoms with Gasteiger partial charge in [0.15, 0.2) is 0 Å². The summed E-state index contributed by atoms with van der Waals surface area (Å²) in [7, 11) is 0. The van der Waals surface area contributed by atoms with Gasteiger partial charge in [-0.1, -0.05) is 6.42 Å². The van der Waals surface area contributed by atoms with E-state index in [0.29, 0.717) is 18.0 Å². The zero-order valence-electron chi connectivity index (χ0n) is 13.6. The molecule has 0 amide bonds. The fraction of sp³-hybridized carbons (Fsp3) is 0.444. The Bertz CT molecular complexity index is 673. The van der Waals surface area contributed by atoms with Crippen LogP contribution in [0, 0.1) is 0 Å². The van der Waals surface area contributed by atoms with E-state index in [9.17, 15) is 9.90 Å². The first-order chi connectivity index (χ1) is 11.7. The highest BCUT2D eigenvalue weighted by molar-refractivity contribution is 5.59. The molecule has 1 saturated heterocycles. The molecule has 2 aromatic rings. The summed E-state index contributed by atoms with van der Waals surface area (Å²) in [4.78, 5) is 13.3. The Morgan fingerprint density at radius 1 is 1.12 bits per heavy atom. The lowest BCUT2D eigenvalue weighted by Crippen LogP contribution is -2.38. The van der Waals surface area contributed by atoms with Crippen LogP contribution in [0.4, 0.5) is 0 Å². The lowest BCUT2D eigenvalue weighted by Gasteiger charge is -2.28. The molecule has 1 unspecified atom stereocenters. The Morgan fingerprint density at radius 2 is 1.88 bits per heavy atom. The van der Waals surface area contributed by atoms with Crippen molar-refractivity contribution in [3.05, 3.63) is 46.8 Å². The highest BCUT2D eigenvalue weighted by Crippen LogP contribution is 2.19. The molecule has 6 heteroatoms. The number of ether oxygens (including phenoxy) is 1. The van der Waals surface area contributed by atoms with Crippen LogP contribution in [0.25, 0.3) is 11.3 Å². The minimum Gasteiger partial charge on any atom is -0.491 e. The average molecular weight is 329 g/mol. The van der Waals surface area contributed by atoms with Crippen LogP contribution in [0.15, 0.2) is 41.2 Å². The number of likely N-dealkylation sites (tertiary alicyclic amines) is 1. The number of nitrogens with one attached hydrogen (secondary N) is 1. The second kappa shape index (κ2) is 8.08. The van der Waals surface area contributed by atoms with Crippen molar-refractivity contribution >= 4 is 0 Å². The molecule has 1 aromatic carbocycles. The minimum absolute atomic E-state index is 0.221. The minimum atomic E-state index is -0.483. The van der Waals surface area contributed by atoms with Crippen LogP contribution in [-0.2, 0) is 0 Å². The maximum Gasteiger partial charge on any atom is 0.264 e. The SMILES string of the molecule is O=c1ccc(-c2ccc(OCC(O)CN3CCCCC3)cc2)n[nH]1. The molecule has 0 aliphatic carbocycles. The Hall–Kier alpha value is -2.18. The summed E-state index contributed by atoms with van der Waals surface area (Å²) in [5.41, 5.74) is 1.38. The summed E-state index contributed by atoms with van der Waals surface area (Å²) >= 11 is 0. The van der Waals surface area contributed by atoms with E-state index < -0.39 is 6.10 Å². The zero-order chi connectivity index (χ0) is 16.8. The monoisotopic (exact) mass is 329 g/mol. The average Bonchev–Trinajstić information content (AvgIpc) is 2.62. The summed E-state index contributed by atoms with van der Waals surface area (Å²) in [6.45, 7) is 3.09. The predicted molar refractivity (Wildman–Crippen MR) is 92.1 cm³/mol. The van der Waals surface area contributed by atoms with Gasteiger partial charge in [0.05, 0.1) is 5.69 Å². The van der Waals surface area contributed by atoms with Gasteiger partial charge < -0.3 is 14.7 Å². The van der Waals surface area contributed by atoms with Crippen LogP contribution in [0.3, 0.4) is 0 Å². The van der Waals surface area contributed by atoms with Crippen LogP contribution in [0.5, 0.6) is 5.75 Å². The number of benzene rings is 1. The number of nitrogens with zero attached hydrogens (tertiary/aromatic N) is 2. The van der Waals surface area contributed by atoms with Gasteiger partial charge >= 0.3 is 0 Å². The van der Waals surface area contributed by atoms with Gasteiger partial charge in [0.1, 0.15) is 18.5 Å². The van der Waals surface area contributed by atoms with Crippen LogP contribution < -0.4 is 10.3 Å². The summed E-state index contributed by atoms with van der Waals surface area (Å²) in [6.07, 6.45) is 3.24. The Labute approximate surface area is 141 Å². The third-order valence-corrected chi connectivity index (χ3v) is 4.19. The molecule has 1 fully saturated rings. The van der Waals surface area contributed by atoms with Crippen molar-refractivity contribution in [2.75, 3.05) is 26.2 Å². The normalized spacial score (nSPS) is 16.7. The molecule has 0 radical (unpaired) electrons. The molecule has 24 heavy (non-hydrogen) atoms. The Balaban J connectivity index is 1.50. The van der Waals surface area contributed by atoms with E-state index in [4.69, 9.17) is 4.74 Å². The number of H-pyrrole nitrogens is 1. The number of hydrogen-bond donors (Lipinski definition) is 2. The van der Waals surface area contributed by atoms with Crippen molar-refractivity contribution in [1.82, 2.24) is 15.1 Å². The van der Waals surface area contributed by atoms with Gasteiger partial charge in [-0.25, -0.2) is 5.10 Å². The maximum absolute atomic E-state index is 11.0. The lowest BCUT2D eigenvalue weighted by molar-refractivity contribution is 0.0617. The molecule has 6 nitrogen and oxygen atoms in total. The molecule has 128 valence electrons. The van der Waals surface area contributed by atoms with E-state index in [0.717, 1.165) is 18.7 Å². The highest BCUT2D eigenvalue weighted by Gasteiger charge is 2.15. The fourth-order valence-corrected chi connectivity index (χ4v) is 2.91. The molecule has 2 N–H and O–H groups in total. The summed E-state index contributed by atoms with van der Waals surface area (Å²) in [6, 6.07) is 10.6. The number of aliphatic hydroxyl groups is 1. The summed E-state index contributed by atoms with van der Waals surface area (Å²) in [5.74, 6) is 0.709. The molecule has 1 aliphatic rings. The van der Waals surface area contributed by atoms with Crippen molar-refractivity contribution in [3.8, 4) is 17.0 Å². The molecule has 0 spiro atoms. The van der Waals surface area contributed by atoms with E-state index in [2.05, 4.69) is 15.1 Å². The quantitative estimate of drug-likeness (QED) is 0.843. The molecule has 2 heterocycles. The second-order valence-corrected chi connectivity index (χ2v) is 6.16. The topological polar surface area (TPSA) is 78.5 Å². The van der Waals surface area contributed by atoms with Gasteiger partial charge in [0.2, 0.25) is 0 Å². The molecule has 1 atom stereocenters. The summed E-state index contributed by atoms with van der Waals surface area (Å²) in [5, 5.41) is 16.5. The maximum atomic E-state index is 11.0. The standard InChI is InChI=1S/C18H23N3O3/c22-15(12-21-10-2-1-3-11-21)13-24-16-6-4-14(5-7-16)17-8-9-18(23)20-19-17/h4-9,15,22H,1-3,10-13H2,(H,20,23). The van der Waals surface area contributed by atoms with Crippen LogP contribution >= 0.6 is 0 Å². The number of aliphatic hydroxyl groups excluding tert-OH is 1. The van der Waals surface area contributed by atoms with E-state index in [1.54, 1.807) is 6.07 Å². The van der Waals surface area contributed by atoms with Gasteiger partial charge in [-0.05, 0) is 56.3 Å². The van der Waals surface area contributed by atoms with E-state index >= 15 is 0 Å². The molecule has 0 bridgehead atoms. The van der Waals surface area contributed by atoms with Gasteiger partial charge in [-0.15, -0.1) is 0 Å². The molecule has 3 rings (SSSR count). The number of piperidine rings is 1. The van der Waals surface area contributed by atoms with Gasteiger partial charge in [0, 0.05) is 18.2 Å². The first-order valence-electron chi connectivity index (χ1n) is 8.40. The largest absolute Gasteiger partial charge is 0.491 e. The Morgan fingerprint density at radius 3 is 2.54 bits per heavy atom. The zero-order valence-corrected chi connectivity index (χ0v) is 13.6. The fourth-order valence-electron chi connectivity index (χ4n) is 2.91. The van der Waals surface area contributed by atoms with Crippen molar-refractivity contribution in [2.24, 2.45) is 0 Å². The third-order valence-electron chi connectivity index (χ3n) is 4.19. The number of β-amino-alcohol motifs (C(OH)–C–C–N with tert-alkyl or cyclic N) is 1. The predicted octanol–water partition coefficient (Wildman–Crippen LogP) is 1.66.